The molecule has 0 saturated carbocycles. The molecule has 3 atom stereocenters. The van der Waals surface area contributed by atoms with Crippen LogP contribution in [0.4, 0.5) is 9.18 Å². The molecule has 0 N–H and O–H groups in total. The molecule has 0 bridgehead atoms. The fourth-order valence-electron chi connectivity index (χ4n) is 3.94. The molecule has 1 unspecified atom stereocenters. The maximum absolute atomic E-state index is 13.9. The zero-order valence-corrected chi connectivity index (χ0v) is 19.7. The first-order chi connectivity index (χ1) is 12.8. The fraction of sp³-hybridized carbons (Fsp3) is 0.682. The molecule has 28 heavy (non-hydrogen) atoms. The molecule has 1 aliphatic heterocycles. The summed E-state index contributed by atoms with van der Waals surface area (Å²) in [5.74, 6) is -0.150. The van der Waals surface area contributed by atoms with Crippen molar-refractivity contribution in [1.82, 2.24) is 4.90 Å². The van der Waals surface area contributed by atoms with E-state index in [2.05, 4.69) is 33.9 Å². The third-order valence-electron chi connectivity index (χ3n) is 4.95. The molecule has 2 rings (SSSR count). The molecule has 1 amide bonds. The number of amides is 1. The van der Waals surface area contributed by atoms with Crippen molar-refractivity contribution < 1.29 is 18.3 Å². The summed E-state index contributed by atoms with van der Waals surface area (Å²) in [6, 6.07) is 6.73. The number of carbonyl (C=O) groups excluding carboxylic acids is 1. The molecule has 158 valence electrons. The van der Waals surface area contributed by atoms with Crippen molar-refractivity contribution in [1.29, 1.82) is 0 Å². The van der Waals surface area contributed by atoms with E-state index in [0.29, 0.717) is 13.1 Å². The summed E-state index contributed by atoms with van der Waals surface area (Å²) in [4.78, 5) is 14.5. The second-order valence-corrected chi connectivity index (χ2v) is 12.6. The number of benzene rings is 1. The predicted octanol–water partition coefficient (Wildman–Crippen LogP) is 5.19. The predicted molar refractivity (Wildman–Crippen MR) is 114 cm³/mol. The van der Waals surface area contributed by atoms with Crippen molar-refractivity contribution in [3.63, 3.8) is 0 Å². The lowest BCUT2D eigenvalue weighted by Crippen LogP contribution is -2.43. The van der Waals surface area contributed by atoms with Crippen LogP contribution in [0.2, 0.25) is 13.1 Å². The molecule has 1 aromatic rings. The van der Waals surface area contributed by atoms with Crippen molar-refractivity contribution >= 4 is 15.1 Å². The van der Waals surface area contributed by atoms with E-state index >= 15 is 0 Å². The van der Waals surface area contributed by atoms with Gasteiger partial charge in [-0.1, -0.05) is 32.9 Å². The Hall–Kier alpha value is -1.40. The summed E-state index contributed by atoms with van der Waals surface area (Å²) >= 11 is 0. The van der Waals surface area contributed by atoms with Gasteiger partial charge in [0.1, 0.15) is 11.4 Å². The van der Waals surface area contributed by atoms with Gasteiger partial charge in [0.05, 0.1) is 6.10 Å². The molecule has 1 saturated heterocycles. The Labute approximate surface area is 171 Å². The lowest BCUT2D eigenvalue weighted by molar-refractivity contribution is 0.0176. The number of likely N-dealkylation sites (tertiary alicyclic amines) is 1. The lowest BCUT2D eigenvalue weighted by atomic mass is 9.75. The molecule has 1 aromatic carbocycles. The minimum Gasteiger partial charge on any atom is -0.444 e. The van der Waals surface area contributed by atoms with Crippen LogP contribution in [-0.4, -0.2) is 44.8 Å². The van der Waals surface area contributed by atoms with E-state index in [-0.39, 0.29) is 35.3 Å². The Bertz CT molecular complexity index is 681. The monoisotopic (exact) mass is 409 g/mol. The Kier molecular flexibility index (Phi) is 6.97. The molecule has 1 heterocycles. The maximum Gasteiger partial charge on any atom is 0.410 e. The van der Waals surface area contributed by atoms with E-state index in [1.54, 1.807) is 17.0 Å². The van der Waals surface area contributed by atoms with Crippen LogP contribution in [0.25, 0.3) is 0 Å². The second kappa shape index (κ2) is 8.53. The molecule has 0 spiro atoms. The lowest BCUT2D eigenvalue weighted by Gasteiger charge is -2.39. The molecule has 1 fully saturated rings. The average Bonchev–Trinajstić information content (AvgIpc) is 2.94. The van der Waals surface area contributed by atoms with Gasteiger partial charge in [-0.25, -0.2) is 9.18 Å². The summed E-state index contributed by atoms with van der Waals surface area (Å²) in [6.07, 6.45) is -0.328. The van der Waals surface area contributed by atoms with Crippen molar-refractivity contribution in [3.05, 3.63) is 35.6 Å². The van der Waals surface area contributed by atoms with Gasteiger partial charge in [-0.05, 0) is 57.0 Å². The van der Waals surface area contributed by atoms with Crippen LogP contribution in [0.15, 0.2) is 24.3 Å². The molecule has 6 heteroatoms. The first-order valence-corrected chi connectivity index (χ1v) is 12.9. The number of carbonyl (C=O) groups is 1. The average molecular weight is 410 g/mol. The summed E-state index contributed by atoms with van der Waals surface area (Å²) < 4.78 is 26.0. The highest BCUT2D eigenvalue weighted by atomic mass is 28.3. The summed E-state index contributed by atoms with van der Waals surface area (Å²) in [6.45, 7) is 17.5. The molecular weight excluding hydrogens is 373 g/mol. The molecule has 1 aliphatic rings. The van der Waals surface area contributed by atoms with Crippen molar-refractivity contribution in [2.45, 2.75) is 72.3 Å². The summed E-state index contributed by atoms with van der Waals surface area (Å²) in [5, 5.41) is 0. The normalized spacial score (nSPS) is 21.9. The van der Waals surface area contributed by atoms with Crippen LogP contribution in [-0.2, 0) is 9.16 Å². The fourth-order valence-corrected chi connectivity index (χ4v) is 5.14. The highest BCUT2D eigenvalue weighted by Crippen LogP contribution is 2.42. The Morgan fingerprint density at radius 1 is 1.18 bits per heavy atom. The maximum atomic E-state index is 13.9. The minimum atomic E-state index is -1.30. The molecule has 0 radical (unpaired) electrons. The number of hydrogen-bond acceptors (Lipinski definition) is 3. The van der Waals surface area contributed by atoms with Crippen LogP contribution in [0.1, 0.15) is 53.0 Å². The Morgan fingerprint density at radius 3 is 2.32 bits per heavy atom. The SMILES string of the molecule is C[SiH](C)OC([C@H]1CN(C(=O)OC(C)(C)C)C[C@@H]1c1cccc(F)c1)C(C)(C)C. The molecule has 4 nitrogen and oxygen atoms in total. The molecule has 0 aliphatic carbocycles. The quantitative estimate of drug-likeness (QED) is 0.642. The van der Waals surface area contributed by atoms with Crippen molar-refractivity contribution in [3.8, 4) is 0 Å². The van der Waals surface area contributed by atoms with E-state index in [4.69, 9.17) is 9.16 Å². The van der Waals surface area contributed by atoms with E-state index in [0.717, 1.165) is 5.56 Å². The zero-order chi connectivity index (χ0) is 21.3. The summed E-state index contributed by atoms with van der Waals surface area (Å²) in [5.41, 5.74) is 0.283. The number of nitrogens with zero attached hydrogens (tertiary/aromatic N) is 1. The van der Waals surface area contributed by atoms with Gasteiger partial charge in [0, 0.05) is 24.9 Å². The van der Waals surface area contributed by atoms with E-state index in [1.807, 2.05) is 26.8 Å². The smallest absolute Gasteiger partial charge is 0.410 e. The van der Waals surface area contributed by atoms with Gasteiger partial charge in [-0.15, -0.1) is 0 Å². The number of halogens is 1. The first-order valence-electron chi connectivity index (χ1n) is 10.2. The molecule has 0 aromatic heterocycles. The molecular formula is C22H36FNO3Si. The first kappa shape index (κ1) is 22.9. The highest BCUT2D eigenvalue weighted by Gasteiger charge is 2.46. The Morgan fingerprint density at radius 2 is 1.82 bits per heavy atom. The number of hydrogen-bond donors (Lipinski definition) is 0. The summed E-state index contributed by atoms with van der Waals surface area (Å²) in [7, 11) is -1.30. The largest absolute Gasteiger partial charge is 0.444 e. The highest BCUT2D eigenvalue weighted by molar-refractivity contribution is 6.48. The standard InChI is InChI=1S/C22H36FNO3Si/c1-21(2,3)19(27-28(7)8)18-14-24(20(25)26-22(4,5)6)13-17(18)15-10-9-11-16(23)12-15/h9-12,17-19,28H,13-14H2,1-8H3/t17-,18+,19?/m1/s1. The topological polar surface area (TPSA) is 38.8 Å². The number of rotatable bonds is 4. The van der Waals surface area contributed by atoms with Crippen LogP contribution in [0, 0.1) is 17.2 Å². The van der Waals surface area contributed by atoms with Gasteiger partial charge in [-0.2, -0.15) is 0 Å². The van der Waals surface area contributed by atoms with Crippen LogP contribution >= 0.6 is 0 Å². The van der Waals surface area contributed by atoms with E-state index in [1.165, 1.54) is 6.07 Å². The zero-order valence-electron chi connectivity index (χ0n) is 18.6. The van der Waals surface area contributed by atoms with Gasteiger partial charge < -0.3 is 14.1 Å². The van der Waals surface area contributed by atoms with Crippen LogP contribution in [0.5, 0.6) is 0 Å². The van der Waals surface area contributed by atoms with E-state index in [9.17, 15) is 9.18 Å². The Balaban J connectivity index is 2.38. The van der Waals surface area contributed by atoms with Crippen LogP contribution in [0.3, 0.4) is 0 Å². The van der Waals surface area contributed by atoms with Crippen molar-refractivity contribution in [2.24, 2.45) is 11.3 Å². The van der Waals surface area contributed by atoms with Gasteiger partial charge in [0.15, 0.2) is 9.04 Å². The van der Waals surface area contributed by atoms with Crippen molar-refractivity contribution in [2.75, 3.05) is 13.1 Å². The minimum absolute atomic E-state index is 0.0140. The van der Waals surface area contributed by atoms with Gasteiger partial charge in [0.25, 0.3) is 0 Å². The van der Waals surface area contributed by atoms with Gasteiger partial charge >= 0.3 is 6.09 Å². The van der Waals surface area contributed by atoms with Gasteiger partial charge in [-0.3, -0.25) is 0 Å². The van der Waals surface area contributed by atoms with Gasteiger partial charge in [0.2, 0.25) is 0 Å². The second-order valence-electron chi connectivity index (χ2n) is 10.2. The number of ether oxygens (including phenoxy) is 1. The third kappa shape index (κ3) is 6.05. The van der Waals surface area contributed by atoms with E-state index < -0.39 is 14.6 Å². The van der Waals surface area contributed by atoms with Crippen LogP contribution < -0.4 is 0 Å². The third-order valence-corrected chi connectivity index (χ3v) is 5.79.